The van der Waals surface area contributed by atoms with E-state index in [0.717, 1.165) is 22.3 Å². The number of hydrogen-bond acceptors (Lipinski definition) is 3. The molecule has 51 heavy (non-hydrogen) atoms. The Morgan fingerprint density at radius 1 is 0.431 bits per heavy atom. The average Bonchev–Trinajstić information content (AvgIpc) is 3.37. The van der Waals surface area contributed by atoms with Gasteiger partial charge in [-0.1, -0.05) is 171 Å². The first-order chi connectivity index (χ1) is 24.5. The monoisotopic (exact) mass is 677 g/mol. The third-order valence-corrected chi connectivity index (χ3v) is 12.5. The van der Waals surface area contributed by atoms with E-state index in [1.165, 1.54) is 55.3 Å². The number of fused-ring (bicyclic) bond motifs is 3. The molecule has 0 amide bonds. The maximum Gasteiger partial charge on any atom is 0.164 e. The van der Waals surface area contributed by atoms with E-state index >= 15 is 0 Å². The standard InChI is InChI=1S/C47H43N3Si/c1-30-12-16-34(17-13-30)44-48-45(35-18-14-31(2)15-19-35)50-46(49-44)36-22-20-32(21-23-36)37-28-40(33-24-26-38(27-25-33)51(5,6)7)43-41(29-37)39-10-8-9-11-42(39)47(43,3)4/h8-29H,1-7H3. The highest BCUT2D eigenvalue weighted by molar-refractivity contribution is 6.88. The number of rotatable bonds is 6. The molecule has 6 aromatic carbocycles. The first-order valence-corrected chi connectivity index (χ1v) is 21.4. The van der Waals surface area contributed by atoms with Crippen molar-refractivity contribution in [1.29, 1.82) is 0 Å². The van der Waals surface area contributed by atoms with Gasteiger partial charge in [0.25, 0.3) is 0 Å². The minimum atomic E-state index is -1.42. The molecule has 0 saturated carbocycles. The van der Waals surface area contributed by atoms with Crippen LogP contribution in [0, 0.1) is 13.8 Å². The molecule has 0 atom stereocenters. The lowest BCUT2D eigenvalue weighted by Crippen LogP contribution is -2.37. The molecule has 0 radical (unpaired) electrons. The number of hydrogen-bond donors (Lipinski definition) is 0. The highest BCUT2D eigenvalue weighted by atomic mass is 28.3. The summed E-state index contributed by atoms with van der Waals surface area (Å²) in [6, 6.07) is 48.6. The number of benzene rings is 6. The van der Waals surface area contributed by atoms with Crippen LogP contribution in [0.5, 0.6) is 0 Å². The maximum absolute atomic E-state index is 5.00. The average molecular weight is 678 g/mol. The van der Waals surface area contributed by atoms with Gasteiger partial charge in [-0.3, -0.25) is 0 Å². The summed E-state index contributed by atoms with van der Waals surface area (Å²) in [4.78, 5) is 14.9. The summed E-state index contributed by atoms with van der Waals surface area (Å²) >= 11 is 0. The third-order valence-electron chi connectivity index (χ3n) is 10.4. The lowest BCUT2D eigenvalue weighted by molar-refractivity contribution is 0.662. The molecule has 0 fully saturated rings. The minimum absolute atomic E-state index is 0.107. The fourth-order valence-corrected chi connectivity index (χ4v) is 8.62. The van der Waals surface area contributed by atoms with Crippen LogP contribution in [-0.4, -0.2) is 23.0 Å². The van der Waals surface area contributed by atoms with Crippen molar-refractivity contribution >= 4 is 13.3 Å². The van der Waals surface area contributed by atoms with Crippen molar-refractivity contribution in [3.05, 3.63) is 156 Å². The summed E-state index contributed by atoms with van der Waals surface area (Å²) in [6.07, 6.45) is 0. The van der Waals surface area contributed by atoms with E-state index < -0.39 is 8.07 Å². The first kappa shape index (κ1) is 32.7. The molecule has 1 heterocycles. The van der Waals surface area contributed by atoms with Gasteiger partial charge in [0.2, 0.25) is 0 Å². The molecule has 1 aliphatic carbocycles. The maximum atomic E-state index is 5.00. The molecule has 8 rings (SSSR count). The van der Waals surface area contributed by atoms with E-state index in [0.29, 0.717) is 17.5 Å². The van der Waals surface area contributed by atoms with Crippen LogP contribution < -0.4 is 5.19 Å². The van der Waals surface area contributed by atoms with Gasteiger partial charge in [0, 0.05) is 22.1 Å². The second-order valence-electron chi connectivity index (χ2n) is 15.6. The Hall–Kier alpha value is -5.45. The summed E-state index contributed by atoms with van der Waals surface area (Å²) in [5.74, 6) is 2.00. The van der Waals surface area contributed by atoms with E-state index in [2.05, 4.69) is 181 Å². The van der Waals surface area contributed by atoms with Crippen LogP contribution in [0.3, 0.4) is 0 Å². The largest absolute Gasteiger partial charge is 0.208 e. The van der Waals surface area contributed by atoms with Crippen molar-refractivity contribution in [2.24, 2.45) is 0 Å². The number of aromatic nitrogens is 3. The lowest BCUT2D eigenvalue weighted by Gasteiger charge is -2.25. The SMILES string of the molecule is Cc1ccc(-c2nc(-c3ccc(C)cc3)nc(-c3ccc(-c4cc(-c5ccc([Si](C)(C)C)cc5)c5c(c4)-c4ccccc4C5(C)C)cc3)n2)cc1. The highest BCUT2D eigenvalue weighted by Crippen LogP contribution is 2.53. The molecule has 0 aliphatic heterocycles. The molecule has 0 saturated heterocycles. The lowest BCUT2D eigenvalue weighted by atomic mass is 9.78. The van der Waals surface area contributed by atoms with Crippen molar-refractivity contribution in [2.75, 3.05) is 0 Å². The molecule has 0 bridgehead atoms. The quantitative estimate of drug-likeness (QED) is 0.164. The normalized spacial score (nSPS) is 13.2. The zero-order chi connectivity index (χ0) is 35.5. The minimum Gasteiger partial charge on any atom is -0.208 e. The Balaban J connectivity index is 1.24. The van der Waals surface area contributed by atoms with Gasteiger partial charge >= 0.3 is 0 Å². The van der Waals surface area contributed by atoms with Crippen LogP contribution in [0.25, 0.3) is 67.5 Å². The van der Waals surface area contributed by atoms with Gasteiger partial charge in [-0.2, -0.15) is 0 Å². The molecular formula is C47H43N3Si. The van der Waals surface area contributed by atoms with Crippen molar-refractivity contribution in [1.82, 2.24) is 15.0 Å². The van der Waals surface area contributed by atoms with Gasteiger partial charge < -0.3 is 0 Å². The molecule has 7 aromatic rings. The third kappa shape index (κ3) is 6.04. The smallest absolute Gasteiger partial charge is 0.164 e. The second-order valence-corrected chi connectivity index (χ2v) is 20.6. The Labute approximate surface area is 303 Å². The predicted molar refractivity (Wildman–Crippen MR) is 217 cm³/mol. The van der Waals surface area contributed by atoms with Gasteiger partial charge in [-0.25, -0.2) is 15.0 Å². The molecule has 3 nitrogen and oxygen atoms in total. The van der Waals surface area contributed by atoms with Gasteiger partial charge in [0.05, 0.1) is 8.07 Å². The van der Waals surface area contributed by atoms with E-state index in [1.807, 2.05) is 0 Å². The zero-order valence-electron chi connectivity index (χ0n) is 30.5. The number of nitrogens with zero attached hydrogens (tertiary/aromatic N) is 3. The summed E-state index contributed by atoms with van der Waals surface area (Å²) in [5, 5.41) is 1.48. The fraction of sp³-hybridized carbons (Fsp3) is 0.170. The van der Waals surface area contributed by atoms with Gasteiger partial charge in [-0.05, 0) is 70.5 Å². The summed E-state index contributed by atoms with van der Waals surface area (Å²) in [7, 11) is -1.42. The molecule has 4 heteroatoms. The van der Waals surface area contributed by atoms with E-state index in [4.69, 9.17) is 15.0 Å². The van der Waals surface area contributed by atoms with Crippen molar-refractivity contribution in [3.63, 3.8) is 0 Å². The van der Waals surface area contributed by atoms with Gasteiger partial charge in [-0.15, -0.1) is 0 Å². The Morgan fingerprint density at radius 3 is 1.37 bits per heavy atom. The molecule has 1 aliphatic rings. The molecule has 250 valence electrons. The molecule has 0 spiro atoms. The summed E-state index contributed by atoms with van der Waals surface area (Å²) in [6.45, 7) is 16.2. The van der Waals surface area contributed by atoms with Crippen molar-refractivity contribution < 1.29 is 0 Å². The van der Waals surface area contributed by atoms with Crippen LogP contribution >= 0.6 is 0 Å². The fourth-order valence-electron chi connectivity index (χ4n) is 7.45. The zero-order valence-corrected chi connectivity index (χ0v) is 31.5. The first-order valence-electron chi connectivity index (χ1n) is 17.9. The van der Waals surface area contributed by atoms with Crippen LogP contribution in [0.4, 0.5) is 0 Å². The topological polar surface area (TPSA) is 38.7 Å². The van der Waals surface area contributed by atoms with Gasteiger partial charge in [0.1, 0.15) is 0 Å². The molecular weight excluding hydrogens is 635 g/mol. The molecule has 0 N–H and O–H groups in total. The molecule has 1 aromatic heterocycles. The van der Waals surface area contributed by atoms with Crippen LogP contribution in [0.1, 0.15) is 36.1 Å². The Bertz CT molecular complexity index is 2340. The van der Waals surface area contributed by atoms with E-state index in [9.17, 15) is 0 Å². The Morgan fingerprint density at radius 2 is 0.863 bits per heavy atom. The van der Waals surface area contributed by atoms with Crippen LogP contribution in [0.2, 0.25) is 19.6 Å². The number of aryl methyl sites for hydroxylation is 2. The second kappa shape index (κ2) is 12.4. The van der Waals surface area contributed by atoms with Crippen molar-refractivity contribution in [3.8, 4) is 67.5 Å². The summed E-state index contributed by atoms with van der Waals surface area (Å²) < 4.78 is 0. The van der Waals surface area contributed by atoms with Crippen LogP contribution in [0.15, 0.2) is 133 Å². The van der Waals surface area contributed by atoms with Gasteiger partial charge in [0.15, 0.2) is 17.5 Å². The van der Waals surface area contributed by atoms with E-state index in [-0.39, 0.29) is 5.41 Å². The molecule has 0 unspecified atom stereocenters. The predicted octanol–water partition coefficient (Wildman–Crippen LogP) is 11.7. The van der Waals surface area contributed by atoms with Crippen LogP contribution in [-0.2, 0) is 5.41 Å². The van der Waals surface area contributed by atoms with Crippen molar-refractivity contribution in [2.45, 2.75) is 52.8 Å². The highest BCUT2D eigenvalue weighted by Gasteiger charge is 2.38. The Kier molecular flexibility index (Phi) is 7.96. The van der Waals surface area contributed by atoms with E-state index in [1.54, 1.807) is 0 Å². The summed E-state index contributed by atoms with van der Waals surface area (Å²) in [5.41, 5.74) is 15.6.